The largest absolute Gasteiger partial charge is 0.376 e. The molecule has 1 aliphatic carbocycles. The lowest BCUT2D eigenvalue weighted by atomic mass is 9.83. The van der Waals surface area contributed by atoms with Gasteiger partial charge in [-0.3, -0.25) is 0 Å². The maximum atomic E-state index is 5.93. The Morgan fingerprint density at radius 1 is 1.12 bits per heavy atom. The second-order valence-electron chi connectivity index (χ2n) is 6.75. The number of rotatable bonds is 5. The van der Waals surface area contributed by atoms with Crippen molar-refractivity contribution in [1.82, 2.24) is 9.97 Å². The fourth-order valence-corrected chi connectivity index (χ4v) is 5.12. The lowest BCUT2D eigenvalue weighted by Gasteiger charge is -2.27. The van der Waals surface area contributed by atoms with Crippen LogP contribution in [0.4, 0.5) is 0 Å². The highest BCUT2D eigenvalue weighted by Gasteiger charge is 2.25. The molecule has 130 valence electrons. The number of thiazole rings is 1. The van der Waals surface area contributed by atoms with Gasteiger partial charge in [0.15, 0.2) is 0 Å². The predicted molar refractivity (Wildman–Crippen MR) is 106 cm³/mol. The SMILES string of the molecule is Brc1cc2sc(C3CCC(COCc4ccccc4)CC3)nc2cn1. The van der Waals surface area contributed by atoms with Gasteiger partial charge in [-0.25, -0.2) is 9.97 Å². The van der Waals surface area contributed by atoms with Crippen LogP contribution in [0.1, 0.15) is 42.2 Å². The first kappa shape index (κ1) is 17.1. The van der Waals surface area contributed by atoms with Gasteiger partial charge in [0.05, 0.1) is 28.0 Å². The Balaban J connectivity index is 1.28. The van der Waals surface area contributed by atoms with Crippen molar-refractivity contribution in [3.05, 3.63) is 57.8 Å². The predicted octanol–water partition coefficient (Wildman–Crippen LogP) is 5.94. The topological polar surface area (TPSA) is 35.0 Å². The van der Waals surface area contributed by atoms with Crippen molar-refractivity contribution in [2.45, 2.75) is 38.2 Å². The molecule has 3 nitrogen and oxygen atoms in total. The molecule has 25 heavy (non-hydrogen) atoms. The van der Waals surface area contributed by atoms with Gasteiger partial charge in [-0.1, -0.05) is 30.3 Å². The third kappa shape index (κ3) is 4.27. The van der Waals surface area contributed by atoms with Crippen LogP contribution in [0.5, 0.6) is 0 Å². The number of fused-ring (bicyclic) bond motifs is 1. The molecular formula is C20H21BrN2OS. The zero-order chi connectivity index (χ0) is 17.1. The van der Waals surface area contributed by atoms with Crippen molar-refractivity contribution >= 4 is 37.5 Å². The first-order valence-corrected chi connectivity index (χ1v) is 10.4. The minimum atomic E-state index is 0.599. The van der Waals surface area contributed by atoms with Crippen molar-refractivity contribution < 1.29 is 4.74 Å². The van der Waals surface area contributed by atoms with E-state index in [1.54, 1.807) is 0 Å². The van der Waals surface area contributed by atoms with E-state index in [-0.39, 0.29) is 0 Å². The molecular weight excluding hydrogens is 396 g/mol. The molecule has 4 rings (SSSR count). The molecule has 0 spiro atoms. The number of halogens is 1. The van der Waals surface area contributed by atoms with Crippen LogP contribution < -0.4 is 0 Å². The Labute approximate surface area is 160 Å². The minimum Gasteiger partial charge on any atom is -0.376 e. The Morgan fingerprint density at radius 2 is 1.92 bits per heavy atom. The van der Waals surface area contributed by atoms with Gasteiger partial charge in [0, 0.05) is 12.5 Å². The van der Waals surface area contributed by atoms with Gasteiger partial charge in [0.1, 0.15) is 4.60 Å². The Bertz CT molecular complexity index is 828. The van der Waals surface area contributed by atoms with Crippen molar-refractivity contribution in [3.63, 3.8) is 0 Å². The van der Waals surface area contributed by atoms with Gasteiger partial charge >= 0.3 is 0 Å². The number of aromatic nitrogens is 2. The van der Waals surface area contributed by atoms with Gasteiger partial charge in [0.2, 0.25) is 0 Å². The molecule has 0 unspecified atom stereocenters. The quantitative estimate of drug-likeness (QED) is 0.482. The first-order valence-electron chi connectivity index (χ1n) is 8.81. The monoisotopic (exact) mass is 416 g/mol. The third-order valence-corrected chi connectivity index (χ3v) is 6.53. The molecule has 0 atom stereocenters. The van der Waals surface area contributed by atoms with E-state index in [0.717, 1.165) is 23.3 Å². The highest BCUT2D eigenvalue weighted by Crippen LogP contribution is 2.39. The van der Waals surface area contributed by atoms with Gasteiger partial charge < -0.3 is 4.74 Å². The number of hydrogen-bond acceptors (Lipinski definition) is 4. The molecule has 0 aliphatic heterocycles. The van der Waals surface area contributed by atoms with E-state index in [1.807, 2.05) is 23.6 Å². The normalized spacial score (nSPS) is 20.8. The van der Waals surface area contributed by atoms with E-state index in [9.17, 15) is 0 Å². The van der Waals surface area contributed by atoms with Crippen LogP contribution >= 0.6 is 27.3 Å². The van der Waals surface area contributed by atoms with Crippen molar-refractivity contribution in [1.29, 1.82) is 0 Å². The molecule has 0 amide bonds. The Kier molecular flexibility index (Phi) is 5.44. The molecule has 1 aromatic carbocycles. The summed E-state index contributed by atoms with van der Waals surface area (Å²) in [7, 11) is 0. The highest BCUT2D eigenvalue weighted by atomic mass is 79.9. The Hall–Kier alpha value is -1.30. The first-order chi connectivity index (χ1) is 12.3. The van der Waals surface area contributed by atoms with Crippen LogP contribution in [0.15, 0.2) is 47.2 Å². The summed E-state index contributed by atoms with van der Waals surface area (Å²) in [5.74, 6) is 1.28. The second kappa shape index (κ2) is 7.94. The van der Waals surface area contributed by atoms with Crippen molar-refractivity contribution in [2.24, 2.45) is 5.92 Å². The summed E-state index contributed by atoms with van der Waals surface area (Å²) in [6.45, 7) is 1.60. The zero-order valence-electron chi connectivity index (χ0n) is 14.0. The van der Waals surface area contributed by atoms with Crippen LogP contribution in [0.2, 0.25) is 0 Å². The number of pyridine rings is 1. The van der Waals surface area contributed by atoms with Gasteiger partial charge in [-0.15, -0.1) is 11.3 Å². The van der Waals surface area contributed by atoms with E-state index < -0.39 is 0 Å². The molecule has 0 N–H and O–H groups in total. The molecule has 5 heteroatoms. The van der Waals surface area contributed by atoms with Crippen molar-refractivity contribution in [2.75, 3.05) is 6.61 Å². The average molecular weight is 417 g/mol. The fourth-order valence-electron chi connectivity index (χ4n) is 3.49. The zero-order valence-corrected chi connectivity index (χ0v) is 16.4. The highest BCUT2D eigenvalue weighted by molar-refractivity contribution is 9.10. The van der Waals surface area contributed by atoms with E-state index in [4.69, 9.17) is 9.72 Å². The second-order valence-corrected chi connectivity index (χ2v) is 8.62. The van der Waals surface area contributed by atoms with E-state index >= 15 is 0 Å². The lowest BCUT2D eigenvalue weighted by Crippen LogP contribution is -2.17. The molecule has 0 radical (unpaired) electrons. The molecule has 0 saturated heterocycles. The summed E-state index contributed by atoms with van der Waals surface area (Å²) in [6, 6.07) is 12.5. The molecule has 0 bridgehead atoms. The van der Waals surface area contributed by atoms with E-state index in [1.165, 1.54) is 41.0 Å². The molecule has 2 heterocycles. The maximum Gasteiger partial charge on any atom is 0.107 e. The summed E-state index contributed by atoms with van der Waals surface area (Å²) in [6.07, 6.45) is 6.76. The van der Waals surface area contributed by atoms with Crippen LogP contribution in [-0.4, -0.2) is 16.6 Å². The summed E-state index contributed by atoms with van der Waals surface area (Å²) in [4.78, 5) is 9.09. The standard InChI is InChI=1S/C20H21BrN2OS/c21-19-10-18-17(11-22-19)23-20(25-18)16-8-6-15(7-9-16)13-24-12-14-4-2-1-3-5-14/h1-5,10-11,15-16H,6-9,12-13H2. The number of hydrogen-bond donors (Lipinski definition) is 0. The number of ether oxygens (including phenoxy) is 1. The summed E-state index contributed by atoms with van der Waals surface area (Å²) in [5, 5.41) is 1.28. The van der Waals surface area contributed by atoms with Gasteiger partial charge in [0.25, 0.3) is 0 Å². The summed E-state index contributed by atoms with van der Waals surface area (Å²) < 4.78 is 8.05. The number of nitrogens with zero attached hydrogens (tertiary/aromatic N) is 2. The fraction of sp³-hybridized carbons (Fsp3) is 0.400. The van der Waals surface area contributed by atoms with Crippen LogP contribution in [-0.2, 0) is 11.3 Å². The molecule has 1 fully saturated rings. The maximum absolute atomic E-state index is 5.93. The summed E-state index contributed by atoms with van der Waals surface area (Å²) in [5.41, 5.74) is 2.28. The molecule has 2 aromatic heterocycles. The van der Waals surface area contributed by atoms with E-state index in [2.05, 4.69) is 51.2 Å². The molecule has 1 aliphatic rings. The Morgan fingerprint density at radius 3 is 2.72 bits per heavy atom. The summed E-state index contributed by atoms with van der Waals surface area (Å²) >= 11 is 5.26. The molecule has 3 aromatic rings. The van der Waals surface area contributed by atoms with Crippen LogP contribution in [0, 0.1) is 5.92 Å². The van der Waals surface area contributed by atoms with Gasteiger partial charge in [-0.2, -0.15) is 0 Å². The average Bonchev–Trinajstić information content (AvgIpc) is 3.06. The van der Waals surface area contributed by atoms with Crippen LogP contribution in [0.3, 0.4) is 0 Å². The van der Waals surface area contributed by atoms with Gasteiger partial charge in [-0.05, 0) is 59.2 Å². The van der Waals surface area contributed by atoms with Crippen LogP contribution in [0.25, 0.3) is 10.2 Å². The third-order valence-electron chi connectivity index (χ3n) is 4.92. The van der Waals surface area contributed by atoms with Crippen molar-refractivity contribution in [3.8, 4) is 0 Å². The smallest absolute Gasteiger partial charge is 0.107 e. The van der Waals surface area contributed by atoms with E-state index in [0.29, 0.717) is 11.8 Å². The lowest BCUT2D eigenvalue weighted by molar-refractivity contribution is 0.0716. The minimum absolute atomic E-state index is 0.599. The molecule has 1 saturated carbocycles. The number of benzene rings is 1.